The molecule has 0 aromatic heterocycles. The van der Waals surface area contributed by atoms with Gasteiger partial charge in [0, 0.05) is 6.04 Å². The number of aliphatic hydroxyl groups excluding tert-OH is 1. The standard InChI is InChI=1S/C15H25NO/c1-11(2)15(17)9-10-16-13(4)14-8-6-5-7-12(14)3/h5-8,11,13,15-17H,9-10H2,1-4H3. The Morgan fingerprint density at radius 2 is 1.82 bits per heavy atom. The van der Waals surface area contributed by atoms with Crippen LogP contribution in [0, 0.1) is 12.8 Å². The summed E-state index contributed by atoms with van der Waals surface area (Å²) in [5.41, 5.74) is 2.66. The molecule has 0 amide bonds. The van der Waals surface area contributed by atoms with E-state index in [0.717, 1.165) is 13.0 Å². The van der Waals surface area contributed by atoms with Gasteiger partial charge in [-0.15, -0.1) is 0 Å². The van der Waals surface area contributed by atoms with E-state index in [-0.39, 0.29) is 6.10 Å². The monoisotopic (exact) mass is 235 g/mol. The van der Waals surface area contributed by atoms with Gasteiger partial charge in [-0.05, 0) is 43.9 Å². The minimum absolute atomic E-state index is 0.202. The fraction of sp³-hybridized carbons (Fsp3) is 0.600. The molecule has 0 radical (unpaired) electrons. The second-order valence-electron chi connectivity index (χ2n) is 5.13. The third-order valence-electron chi connectivity index (χ3n) is 3.32. The van der Waals surface area contributed by atoms with Gasteiger partial charge >= 0.3 is 0 Å². The van der Waals surface area contributed by atoms with Crippen LogP contribution in [0.15, 0.2) is 24.3 Å². The summed E-state index contributed by atoms with van der Waals surface area (Å²) >= 11 is 0. The van der Waals surface area contributed by atoms with Gasteiger partial charge in [0.05, 0.1) is 6.10 Å². The Bertz CT molecular complexity index is 335. The minimum atomic E-state index is -0.202. The summed E-state index contributed by atoms with van der Waals surface area (Å²) in [6.45, 7) is 9.26. The van der Waals surface area contributed by atoms with Crippen LogP contribution in [0.25, 0.3) is 0 Å². The van der Waals surface area contributed by atoms with Crippen molar-refractivity contribution in [1.29, 1.82) is 0 Å². The quantitative estimate of drug-likeness (QED) is 0.794. The Morgan fingerprint density at radius 3 is 2.41 bits per heavy atom. The molecule has 1 rings (SSSR count). The fourth-order valence-electron chi connectivity index (χ4n) is 1.96. The molecule has 0 fully saturated rings. The molecular weight excluding hydrogens is 210 g/mol. The van der Waals surface area contributed by atoms with E-state index in [1.165, 1.54) is 11.1 Å². The summed E-state index contributed by atoms with van der Waals surface area (Å²) in [5, 5.41) is 13.2. The van der Waals surface area contributed by atoms with Gasteiger partial charge in [0.15, 0.2) is 0 Å². The lowest BCUT2D eigenvalue weighted by Crippen LogP contribution is -2.26. The van der Waals surface area contributed by atoms with E-state index < -0.39 is 0 Å². The van der Waals surface area contributed by atoms with Crippen molar-refractivity contribution in [1.82, 2.24) is 5.32 Å². The highest BCUT2D eigenvalue weighted by atomic mass is 16.3. The molecule has 2 heteroatoms. The number of aryl methyl sites for hydroxylation is 1. The van der Waals surface area contributed by atoms with Crippen LogP contribution in [-0.2, 0) is 0 Å². The third-order valence-corrected chi connectivity index (χ3v) is 3.32. The Balaban J connectivity index is 2.40. The predicted octanol–water partition coefficient (Wildman–Crippen LogP) is 3.05. The van der Waals surface area contributed by atoms with E-state index in [1.54, 1.807) is 0 Å². The molecule has 1 aromatic rings. The van der Waals surface area contributed by atoms with E-state index >= 15 is 0 Å². The first-order valence-corrected chi connectivity index (χ1v) is 6.49. The molecule has 96 valence electrons. The zero-order chi connectivity index (χ0) is 12.8. The normalized spacial score (nSPS) is 14.9. The van der Waals surface area contributed by atoms with Crippen LogP contribution >= 0.6 is 0 Å². The molecule has 0 aliphatic heterocycles. The molecule has 0 bridgehead atoms. The molecule has 0 spiro atoms. The topological polar surface area (TPSA) is 32.3 Å². The summed E-state index contributed by atoms with van der Waals surface area (Å²) in [4.78, 5) is 0. The van der Waals surface area contributed by atoms with Crippen molar-refractivity contribution in [2.75, 3.05) is 6.54 Å². The summed E-state index contributed by atoms with van der Waals surface area (Å²) in [5.74, 6) is 0.338. The third kappa shape index (κ3) is 4.49. The van der Waals surface area contributed by atoms with Gasteiger partial charge < -0.3 is 10.4 Å². The Labute approximate surface area is 105 Å². The Hall–Kier alpha value is -0.860. The average molecular weight is 235 g/mol. The SMILES string of the molecule is Cc1ccccc1C(C)NCCC(O)C(C)C. The molecule has 2 nitrogen and oxygen atoms in total. The second-order valence-corrected chi connectivity index (χ2v) is 5.13. The number of aliphatic hydroxyl groups is 1. The van der Waals surface area contributed by atoms with Crippen LogP contribution in [0.3, 0.4) is 0 Å². The van der Waals surface area contributed by atoms with Gasteiger partial charge in [-0.2, -0.15) is 0 Å². The number of benzene rings is 1. The molecular formula is C15H25NO. The first-order valence-electron chi connectivity index (χ1n) is 6.49. The maximum atomic E-state index is 9.72. The van der Waals surface area contributed by atoms with Crippen molar-refractivity contribution >= 4 is 0 Å². The number of hydrogen-bond acceptors (Lipinski definition) is 2. The zero-order valence-electron chi connectivity index (χ0n) is 11.4. The molecule has 0 saturated heterocycles. The van der Waals surface area contributed by atoms with Gasteiger partial charge in [-0.25, -0.2) is 0 Å². The molecule has 2 N–H and O–H groups in total. The smallest absolute Gasteiger partial charge is 0.0575 e. The first-order chi connectivity index (χ1) is 8.02. The predicted molar refractivity (Wildman–Crippen MR) is 73.1 cm³/mol. The summed E-state index contributed by atoms with van der Waals surface area (Å²) in [7, 11) is 0. The van der Waals surface area contributed by atoms with E-state index in [4.69, 9.17) is 0 Å². The zero-order valence-corrected chi connectivity index (χ0v) is 11.4. The van der Waals surface area contributed by atoms with E-state index in [9.17, 15) is 5.11 Å². The van der Waals surface area contributed by atoms with Gasteiger partial charge in [-0.3, -0.25) is 0 Å². The van der Waals surface area contributed by atoms with Gasteiger partial charge in [0.2, 0.25) is 0 Å². The summed E-state index contributed by atoms with van der Waals surface area (Å²) in [6.07, 6.45) is 0.611. The molecule has 1 aromatic carbocycles. The summed E-state index contributed by atoms with van der Waals surface area (Å²) < 4.78 is 0. The fourth-order valence-corrected chi connectivity index (χ4v) is 1.96. The van der Waals surface area contributed by atoms with Crippen molar-refractivity contribution < 1.29 is 5.11 Å². The lowest BCUT2D eigenvalue weighted by Gasteiger charge is -2.19. The Morgan fingerprint density at radius 1 is 1.18 bits per heavy atom. The number of nitrogens with one attached hydrogen (secondary N) is 1. The summed E-state index contributed by atoms with van der Waals surface area (Å²) in [6, 6.07) is 8.77. The van der Waals surface area contributed by atoms with Gasteiger partial charge in [0.25, 0.3) is 0 Å². The van der Waals surface area contributed by atoms with Crippen LogP contribution in [0.2, 0.25) is 0 Å². The highest BCUT2D eigenvalue weighted by Crippen LogP contribution is 2.16. The molecule has 2 atom stereocenters. The van der Waals surface area contributed by atoms with Crippen molar-refractivity contribution in [3.63, 3.8) is 0 Å². The van der Waals surface area contributed by atoms with E-state index in [2.05, 4.69) is 57.3 Å². The van der Waals surface area contributed by atoms with Crippen LogP contribution in [0.1, 0.15) is 44.4 Å². The average Bonchev–Trinajstić information content (AvgIpc) is 2.29. The van der Waals surface area contributed by atoms with E-state index in [0.29, 0.717) is 12.0 Å². The molecule has 0 saturated carbocycles. The molecule has 2 unspecified atom stereocenters. The molecule has 0 aliphatic carbocycles. The van der Waals surface area contributed by atoms with Crippen LogP contribution in [0.4, 0.5) is 0 Å². The Kier molecular flexibility index (Phi) is 5.66. The first kappa shape index (κ1) is 14.2. The van der Waals surface area contributed by atoms with Gasteiger partial charge in [0.1, 0.15) is 0 Å². The van der Waals surface area contributed by atoms with Crippen LogP contribution < -0.4 is 5.32 Å². The van der Waals surface area contributed by atoms with Crippen molar-refractivity contribution in [3.05, 3.63) is 35.4 Å². The minimum Gasteiger partial charge on any atom is -0.393 e. The lowest BCUT2D eigenvalue weighted by molar-refractivity contribution is 0.115. The molecule has 17 heavy (non-hydrogen) atoms. The van der Waals surface area contributed by atoms with Crippen molar-refractivity contribution in [3.8, 4) is 0 Å². The van der Waals surface area contributed by atoms with E-state index in [1.807, 2.05) is 0 Å². The molecule has 0 heterocycles. The maximum absolute atomic E-state index is 9.72. The number of rotatable bonds is 6. The maximum Gasteiger partial charge on any atom is 0.0575 e. The van der Waals surface area contributed by atoms with Crippen molar-refractivity contribution in [2.24, 2.45) is 5.92 Å². The second kappa shape index (κ2) is 6.77. The number of hydrogen-bond donors (Lipinski definition) is 2. The highest BCUT2D eigenvalue weighted by Gasteiger charge is 2.10. The lowest BCUT2D eigenvalue weighted by atomic mass is 10.0. The highest BCUT2D eigenvalue weighted by molar-refractivity contribution is 5.28. The van der Waals surface area contributed by atoms with Crippen LogP contribution in [0.5, 0.6) is 0 Å². The largest absolute Gasteiger partial charge is 0.393 e. The van der Waals surface area contributed by atoms with Gasteiger partial charge in [-0.1, -0.05) is 38.1 Å². The molecule has 0 aliphatic rings. The van der Waals surface area contributed by atoms with Crippen molar-refractivity contribution in [2.45, 2.75) is 46.3 Å². The van der Waals surface area contributed by atoms with Crippen LogP contribution in [-0.4, -0.2) is 17.8 Å².